The molecule has 2 aromatic carbocycles. The zero-order chi connectivity index (χ0) is 11.8. The summed E-state index contributed by atoms with van der Waals surface area (Å²) in [5.74, 6) is 0. The third kappa shape index (κ3) is 1.47. The second-order valence-corrected chi connectivity index (χ2v) is 4.10. The van der Waals surface area contributed by atoms with E-state index in [0.29, 0.717) is 0 Å². The summed E-state index contributed by atoms with van der Waals surface area (Å²) >= 11 is 0. The lowest BCUT2D eigenvalue weighted by molar-refractivity contribution is 0.855. The molecule has 0 saturated heterocycles. The molecular weight excluding hydrogens is 212 g/mol. The zero-order valence-electron chi connectivity index (χ0n) is 9.47. The van der Waals surface area contributed by atoms with Crippen molar-refractivity contribution in [2.75, 3.05) is 0 Å². The van der Waals surface area contributed by atoms with Gasteiger partial charge in [0.25, 0.3) is 5.56 Å². The number of benzene rings is 2. The lowest BCUT2D eigenvalue weighted by Crippen LogP contribution is -2.16. The quantitative estimate of drug-likeness (QED) is 0.678. The number of hydrogen-bond donors (Lipinski definition) is 1. The van der Waals surface area contributed by atoms with Crippen LogP contribution in [0.5, 0.6) is 0 Å². The number of hydrogen-bond acceptors (Lipinski definition) is 1. The standard InChI is InChI=1S/C14H12N2O/c1-10-9-15-16(14(10)17)13-8-4-6-11-5-2-3-7-12(11)13/h2-9,15H,1H3. The van der Waals surface area contributed by atoms with Gasteiger partial charge in [-0.2, -0.15) is 0 Å². The van der Waals surface area contributed by atoms with E-state index in [2.05, 4.69) is 5.10 Å². The van der Waals surface area contributed by atoms with Gasteiger partial charge in [0.2, 0.25) is 0 Å². The van der Waals surface area contributed by atoms with E-state index in [4.69, 9.17) is 0 Å². The Bertz CT molecular complexity index is 732. The summed E-state index contributed by atoms with van der Waals surface area (Å²) in [6.07, 6.45) is 1.73. The smallest absolute Gasteiger partial charge is 0.274 e. The summed E-state index contributed by atoms with van der Waals surface area (Å²) < 4.78 is 1.58. The summed E-state index contributed by atoms with van der Waals surface area (Å²) in [5, 5.41) is 5.18. The highest BCUT2D eigenvalue weighted by Gasteiger charge is 2.06. The summed E-state index contributed by atoms with van der Waals surface area (Å²) in [4.78, 5) is 11.9. The van der Waals surface area contributed by atoms with Crippen molar-refractivity contribution in [3.05, 3.63) is 64.6 Å². The van der Waals surface area contributed by atoms with Gasteiger partial charge in [0.05, 0.1) is 5.69 Å². The fourth-order valence-corrected chi connectivity index (χ4v) is 2.04. The normalized spacial score (nSPS) is 10.9. The molecule has 17 heavy (non-hydrogen) atoms. The Morgan fingerprint density at radius 2 is 1.82 bits per heavy atom. The molecule has 0 unspecified atom stereocenters. The van der Waals surface area contributed by atoms with Crippen molar-refractivity contribution >= 4 is 10.8 Å². The number of aromatic nitrogens is 2. The highest BCUT2D eigenvalue weighted by Crippen LogP contribution is 2.20. The number of nitrogens with zero attached hydrogens (tertiary/aromatic N) is 1. The predicted octanol–water partition coefficient (Wildman–Crippen LogP) is 2.63. The van der Waals surface area contributed by atoms with Gasteiger partial charge in [0.15, 0.2) is 0 Å². The van der Waals surface area contributed by atoms with E-state index in [0.717, 1.165) is 22.0 Å². The first-order chi connectivity index (χ1) is 8.27. The second-order valence-electron chi connectivity index (χ2n) is 4.10. The minimum atomic E-state index is 0.00125. The van der Waals surface area contributed by atoms with Crippen LogP contribution in [-0.4, -0.2) is 9.78 Å². The minimum absolute atomic E-state index is 0.00125. The fraction of sp³-hybridized carbons (Fsp3) is 0.0714. The molecule has 1 aromatic heterocycles. The molecular formula is C14H12N2O. The van der Waals surface area contributed by atoms with E-state index >= 15 is 0 Å². The maximum absolute atomic E-state index is 11.9. The monoisotopic (exact) mass is 224 g/mol. The molecule has 0 spiro atoms. The van der Waals surface area contributed by atoms with E-state index in [-0.39, 0.29) is 5.56 Å². The highest BCUT2D eigenvalue weighted by atomic mass is 16.1. The van der Waals surface area contributed by atoms with Gasteiger partial charge < -0.3 is 0 Å². The maximum Gasteiger partial charge on any atom is 0.274 e. The Morgan fingerprint density at radius 3 is 2.59 bits per heavy atom. The van der Waals surface area contributed by atoms with Crippen LogP contribution in [0.2, 0.25) is 0 Å². The molecule has 3 aromatic rings. The lowest BCUT2D eigenvalue weighted by Gasteiger charge is -2.06. The van der Waals surface area contributed by atoms with Gasteiger partial charge in [-0.3, -0.25) is 9.89 Å². The van der Waals surface area contributed by atoms with Crippen molar-refractivity contribution in [2.24, 2.45) is 0 Å². The van der Waals surface area contributed by atoms with E-state index < -0.39 is 0 Å². The van der Waals surface area contributed by atoms with Crippen LogP contribution in [0.25, 0.3) is 16.5 Å². The highest BCUT2D eigenvalue weighted by molar-refractivity contribution is 5.89. The van der Waals surface area contributed by atoms with E-state index in [1.165, 1.54) is 0 Å². The van der Waals surface area contributed by atoms with Crippen molar-refractivity contribution in [2.45, 2.75) is 6.92 Å². The van der Waals surface area contributed by atoms with Gasteiger partial charge in [-0.05, 0) is 18.4 Å². The topological polar surface area (TPSA) is 37.8 Å². The van der Waals surface area contributed by atoms with Crippen molar-refractivity contribution < 1.29 is 0 Å². The maximum atomic E-state index is 11.9. The Balaban J connectivity index is 2.38. The number of H-pyrrole nitrogens is 1. The van der Waals surface area contributed by atoms with Crippen molar-refractivity contribution in [1.82, 2.24) is 9.78 Å². The molecule has 3 rings (SSSR count). The van der Waals surface area contributed by atoms with Gasteiger partial charge >= 0.3 is 0 Å². The molecule has 0 atom stereocenters. The Kier molecular flexibility index (Phi) is 2.11. The van der Waals surface area contributed by atoms with Crippen molar-refractivity contribution in [3.63, 3.8) is 0 Å². The Hall–Kier alpha value is -2.29. The second kappa shape index (κ2) is 3.63. The Labute approximate surface area is 98.3 Å². The molecule has 0 aliphatic heterocycles. The molecule has 0 fully saturated rings. The molecule has 3 heteroatoms. The summed E-state index contributed by atoms with van der Waals surface area (Å²) in [6.45, 7) is 1.81. The van der Waals surface area contributed by atoms with E-state index in [1.807, 2.05) is 42.5 Å². The van der Waals surface area contributed by atoms with Crippen LogP contribution in [0.3, 0.4) is 0 Å². The van der Waals surface area contributed by atoms with Gasteiger partial charge in [-0.25, -0.2) is 4.68 Å². The third-order valence-corrected chi connectivity index (χ3v) is 2.96. The fourth-order valence-electron chi connectivity index (χ4n) is 2.04. The average Bonchev–Trinajstić information content (AvgIpc) is 2.69. The van der Waals surface area contributed by atoms with Gasteiger partial charge in [-0.1, -0.05) is 36.4 Å². The first-order valence-corrected chi connectivity index (χ1v) is 5.52. The van der Waals surface area contributed by atoms with Gasteiger partial charge in [0, 0.05) is 17.1 Å². The molecule has 0 saturated carbocycles. The summed E-state index contributed by atoms with van der Waals surface area (Å²) in [7, 11) is 0. The molecule has 0 bridgehead atoms. The molecule has 1 heterocycles. The Morgan fingerprint density at radius 1 is 1.06 bits per heavy atom. The van der Waals surface area contributed by atoms with Crippen LogP contribution < -0.4 is 5.56 Å². The molecule has 84 valence electrons. The molecule has 3 nitrogen and oxygen atoms in total. The van der Waals surface area contributed by atoms with Crippen LogP contribution in [-0.2, 0) is 0 Å². The largest absolute Gasteiger partial charge is 0.298 e. The van der Waals surface area contributed by atoms with Crippen LogP contribution in [0.15, 0.2) is 53.5 Å². The van der Waals surface area contributed by atoms with Crippen LogP contribution in [0, 0.1) is 6.92 Å². The number of rotatable bonds is 1. The van der Waals surface area contributed by atoms with E-state index in [9.17, 15) is 4.79 Å². The van der Waals surface area contributed by atoms with Crippen molar-refractivity contribution in [1.29, 1.82) is 0 Å². The van der Waals surface area contributed by atoms with Crippen LogP contribution >= 0.6 is 0 Å². The van der Waals surface area contributed by atoms with Crippen LogP contribution in [0.1, 0.15) is 5.56 Å². The molecule has 0 radical (unpaired) electrons. The number of aryl methyl sites for hydroxylation is 1. The number of nitrogens with one attached hydrogen (secondary N) is 1. The molecule has 0 amide bonds. The van der Waals surface area contributed by atoms with E-state index in [1.54, 1.807) is 17.8 Å². The molecule has 1 N–H and O–H groups in total. The molecule has 0 aliphatic carbocycles. The minimum Gasteiger partial charge on any atom is -0.298 e. The zero-order valence-corrected chi connectivity index (χ0v) is 9.47. The predicted molar refractivity (Wildman–Crippen MR) is 68.6 cm³/mol. The first kappa shape index (κ1) is 9.90. The lowest BCUT2D eigenvalue weighted by atomic mass is 10.1. The van der Waals surface area contributed by atoms with Gasteiger partial charge in [-0.15, -0.1) is 0 Å². The first-order valence-electron chi connectivity index (χ1n) is 5.52. The van der Waals surface area contributed by atoms with Crippen molar-refractivity contribution in [3.8, 4) is 5.69 Å². The van der Waals surface area contributed by atoms with Crippen LogP contribution in [0.4, 0.5) is 0 Å². The third-order valence-electron chi connectivity index (χ3n) is 2.96. The number of fused-ring (bicyclic) bond motifs is 1. The molecule has 0 aliphatic rings. The SMILES string of the molecule is Cc1c[nH]n(-c2cccc3ccccc23)c1=O. The van der Waals surface area contributed by atoms with Gasteiger partial charge in [0.1, 0.15) is 0 Å². The number of aromatic amines is 1. The summed E-state index contributed by atoms with van der Waals surface area (Å²) in [6, 6.07) is 14.0. The average molecular weight is 224 g/mol. The summed E-state index contributed by atoms with van der Waals surface area (Å²) in [5.41, 5.74) is 1.61.